The Morgan fingerprint density at radius 3 is 2.66 bits per heavy atom. The van der Waals surface area contributed by atoms with E-state index in [1.165, 1.54) is 6.92 Å². The van der Waals surface area contributed by atoms with Gasteiger partial charge in [-0.1, -0.05) is 13.8 Å². The van der Waals surface area contributed by atoms with Gasteiger partial charge < -0.3 is 19.5 Å². The first-order chi connectivity index (χ1) is 14.0. The molecule has 0 unspecified atom stereocenters. The molecule has 0 fully saturated rings. The first-order valence-electron chi connectivity index (χ1n) is 9.37. The SMILES string of the molecule is CC(=O)Nc1ccc(-n2nc(OCC(C)C)nc2-c2ccc3c(c2)OCO3)cc1. The molecule has 8 nitrogen and oxygen atoms in total. The van der Waals surface area contributed by atoms with Gasteiger partial charge in [0.1, 0.15) is 0 Å². The average molecular weight is 394 g/mol. The second-order valence-corrected chi connectivity index (χ2v) is 7.13. The predicted molar refractivity (Wildman–Crippen MR) is 108 cm³/mol. The van der Waals surface area contributed by atoms with Crippen LogP contribution < -0.4 is 19.5 Å². The highest BCUT2D eigenvalue weighted by Gasteiger charge is 2.19. The maximum atomic E-state index is 11.3. The van der Waals surface area contributed by atoms with Crippen LogP contribution in [0.4, 0.5) is 5.69 Å². The normalized spacial score (nSPS) is 12.3. The minimum Gasteiger partial charge on any atom is -0.462 e. The molecule has 2 aromatic carbocycles. The molecule has 0 spiro atoms. The topological polar surface area (TPSA) is 87.5 Å². The molecule has 1 N–H and O–H groups in total. The van der Waals surface area contributed by atoms with E-state index in [2.05, 4.69) is 29.2 Å². The van der Waals surface area contributed by atoms with Crippen LogP contribution in [0.5, 0.6) is 17.5 Å². The van der Waals surface area contributed by atoms with Crippen LogP contribution in [0.2, 0.25) is 0 Å². The van der Waals surface area contributed by atoms with Crippen molar-refractivity contribution in [3.8, 4) is 34.6 Å². The van der Waals surface area contributed by atoms with Gasteiger partial charge in [0, 0.05) is 18.2 Å². The van der Waals surface area contributed by atoms with Crippen molar-refractivity contribution in [2.45, 2.75) is 20.8 Å². The summed E-state index contributed by atoms with van der Waals surface area (Å²) in [6, 6.07) is 13.3. The molecule has 8 heteroatoms. The Kier molecular flexibility index (Phi) is 5.07. The van der Waals surface area contributed by atoms with Gasteiger partial charge in [0.2, 0.25) is 12.7 Å². The van der Waals surface area contributed by atoms with Crippen molar-refractivity contribution in [2.75, 3.05) is 18.7 Å². The molecule has 29 heavy (non-hydrogen) atoms. The van der Waals surface area contributed by atoms with E-state index in [9.17, 15) is 4.79 Å². The molecule has 0 saturated carbocycles. The third kappa shape index (κ3) is 4.16. The van der Waals surface area contributed by atoms with Gasteiger partial charge in [-0.05, 0) is 48.4 Å². The summed E-state index contributed by atoms with van der Waals surface area (Å²) in [7, 11) is 0. The number of hydrogen-bond donors (Lipinski definition) is 1. The molecule has 150 valence electrons. The lowest BCUT2D eigenvalue weighted by molar-refractivity contribution is -0.114. The van der Waals surface area contributed by atoms with Crippen molar-refractivity contribution in [3.63, 3.8) is 0 Å². The second-order valence-electron chi connectivity index (χ2n) is 7.13. The lowest BCUT2D eigenvalue weighted by Crippen LogP contribution is -2.07. The van der Waals surface area contributed by atoms with E-state index in [4.69, 9.17) is 14.2 Å². The zero-order chi connectivity index (χ0) is 20.4. The largest absolute Gasteiger partial charge is 0.462 e. The minimum atomic E-state index is -0.121. The number of nitrogens with zero attached hydrogens (tertiary/aromatic N) is 3. The summed E-state index contributed by atoms with van der Waals surface area (Å²) in [6.07, 6.45) is 0. The van der Waals surface area contributed by atoms with Crippen LogP contribution in [-0.2, 0) is 4.79 Å². The zero-order valence-electron chi connectivity index (χ0n) is 16.5. The highest BCUT2D eigenvalue weighted by Crippen LogP contribution is 2.36. The minimum absolute atomic E-state index is 0.121. The predicted octanol–water partition coefficient (Wildman–Crippen LogP) is 3.66. The first kappa shape index (κ1) is 18.8. The van der Waals surface area contributed by atoms with Gasteiger partial charge in [-0.2, -0.15) is 4.98 Å². The Balaban J connectivity index is 1.72. The number of amides is 1. The number of ether oxygens (including phenoxy) is 3. The van der Waals surface area contributed by atoms with E-state index in [1.807, 2.05) is 42.5 Å². The van der Waals surface area contributed by atoms with E-state index in [0.29, 0.717) is 41.5 Å². The number of fused-ring (bicyclic) bond motifs is 1. The number of aromatic nitrogens is 3. The third-order valence-corrected chi connectivity index (χ3v) is 4.20. The average Bonchev–Trinajstić information content (AvgIpc) is 3.33. The fourth-order valence-corrected chi connectivity index (χ4v) is 2.89. The van der Waals surface area contributed by atoms with Crippen molar-refractivity contribution in [2.24, 2.45) is 5.92 Å². The van der Waals surface area contributed by atoms with Crippen LogP contribution in [0.1, 0.15) is 20.8 Å². The second kappa shape index (κ2) is 7.83. The molecule has 0 aliphatic carbocycles. The number of nitrogens with one attached hydrogen (secondary N) is 1. The van der Waals surface area contributed by atoms with Crippen LogP contribution >= 0.6 is 0 Å². The Morgan fingerprint density at radius 1 is 1.17 bits per heavy atom. The maximum Gasteiger partial charge on any atom is 0.336 e. The highest BCUT2D eigenvalue weighted by molar-refractivity contribution is 5.88. The maximum absolute atomic E-state index is 11.3. The standard InChI is InChI=1S/C21H22N4O4/c1-13(2)11-27-21-23-20(15-4-9-18-19(10-15)29-12-28-18)25(24-21)17-7-5-16(6-8-17)22-14(3)26/h4-10,13H,11-12H2,1-3H3,(H,22,26). The van der Waals surface area contributed by atoms with Gasteiger partial charge in [-0.3, -0.25) is 4.79 Å². The van der Waals surface area contributed by atoms with Crippen molar-refractivity contribution in [3.05, 3.63) is 42.5 Å². The van der Waals surface area contributed by atoms with Gasteiger partial charge in [0.25, 0.3) is 0 Å². The first-order valence-corrected chi connectivity index (χ1v) is 9.37. The van der Waals surface area contributed by atoms with Crippen molar-refractivity contribution < 1.29 is 19.0 Å². The van der Waals surface area contributed by atoms with E-state index >= 15 is 0 Å². The van der Waals surface area contributed by atoms with E-state index in [-0.39, 0.29) is 12.7 Å². The number of rotatable bonds is 6. The Labute approximate surface area is 168 Å². The Morgan fingerprint density at radius 2 is 1.93 bits per heavy atom. The summed E-state index contributed by atoms with van der Waals surface area (Å²) in [5.74, 6) is 2.23. The summed E-state index contributed by atoms with van der Waals surface area (Å²) in [5.41, 5.74) is 2.33. The molecule has 0 saturated heterocycles. The molecule has 1 aliphatic rings. The van der Waals surface area contributed by atoms with E-state index in [0.717, 1.165) is 11.3 Å². The molecule has 0 bridgehead atoms. The lowest BCUT2D eigenvalue weighted by atomic mass is 10.2. The number of hydrogen-bond acceptors (Lipinski definition) is 6. The van der Waals surface area contributed by atoms with Crippen molar-refractivity contribution in [1.82, 2.24) is 14.8 Å². The molecule has 1 aromatic heterocycles. The molecule has 3 aromatic rings. The van der Waals surface area contributed by atoms with Gasteiger partial charge in [-0.25, -0.2) is 4.68 Å². The Hall–Kier alpha value is -3.55. The van der Waals surface area contributed by atoms with E-state index < -0.39 is 0 Å². The van der Waals surface area contributed by atoms with Crippen LogP contribution in [0.3, 0.4) is 0 Å². The van der Waals surface area contributed by atoms with Gasteiger partial charge >= 0.3 is 6.01 Å². The number of carbonyl (C=O) groups is 1. The van der Waals surface area contributed by atoms with Gasteiger partial charge in [-0.15, -0.1) is 5.10 Å². The molecular formula is C21H22N4O4. The fraction of sp³-hybridized carbons (Fsp3) is 0.286. The monoisotopic (exact) mass is 394 g/mol. The number of carbonyl (C=O) groups excluding carboxylic acids is 1. The summed E-state index contributed by atoms with van der Waals surface area (Å²) < 4.78 is 18.3. The fourth-order valence-electron chi connectivity index (χ4n) is 2.89. The Bertz CT molecular complexity index is 1030. The lowest BCUT2D eigenvalue weighted by Gasteiger charge is -2.08. The molecule has 0 atom stereocenters. The van der Waals surface area contributed by atoms with Crippen LogP contribution in [-0.4, -0.2) is 34.1 Å². The van der Waals surface area contributed by atoms with Crippen LogP contribution in [0, 0.1) is 5.92 Å². The van der Waals surface area contributed by atoms with E-state index in [1.54, 1.807) is 4.68 Å². The quantitative estimate of drug-likeness (QED) is 0.687. The highest BCUT2D eigenvalue weighted by atomic mass is 16.7. The molecule has 2 heterocycles. The smallest absolute Gasteiger partial charge is 0.336 e. The zero-order valence-corrected chi connectivity index (χ0v) is 16.5. The number of anilines is 1. The third-order valence-electron chi connectivity index (χ3n) is 4.20. The molecule has 1 amide bonds. The van der Waals surface area contributed by atoms with Crippen molar-refractivity contribution in [1.29, 1.82) is 0 Å². The van der Waals surface area contributed by atoms with Crippen LogP contribution in [0.15, 0.2) is 42.5 Å². The molecular weight excluding hydrogens is 372 g/mol. The van der Waals surface area contributed by atoms with Crippen LogP contribution in [0.25, 0.3) is 17.1 Å². The van der Waals surface area contributed by atoms with Gasteiger partial charge in [0.15, 0.2) is 17.3 Å². The van der Waals surface area contributed by atoms with Crippen molar-refractivity contribution >= 4 is 11.6 Å². The summed E-state index contributed by atoms with van der Waals surface area (Å²) in [4.78, 5) is 15.8. The molecule has 1 aliphatic heterocycles. The number of benzene rings is 2. The molecule has 4 rings (SSSR count). The summed E-state index contributed by atoms with van der Waals surface area (Å²) >= 11 is 0. The summed E-state index contributed by atoms with van der Waals surface area (Å²) in [5, 5.41) is 7.29. The van der Waals surface area contributed by atoms with Gasteiger partial charge in [0.05, 0.1) is 12.3 Å². The summed E-state index contributed by atoms with van der Waals surface area (Å²) in [6.45, 7) is 6.33. The molecule has 0 radical (unpaired) electrons.